The highest BCUT2D eigenvalue weighted by molar-refractivity contribution is 6.32. The van der Waals surface area contributed by atoms with Crippen LogP contribution in [0.1, 0.15) is 18.4 Å². The van der Waals surface area contributed by atoms with Crippen LogP contribution in [0.25, 0.3) is 0 Å². The van der Waals surface area contributed by atoms with Crippen LogP contribution in [0.5, 0.6) is 11.5 Å². The first kappa shape index (κ1) is 13.4. The van der Waals surface area contributed by atoms with Crippen molar-refractivity contribution in [3.63, 3.8) is 0 Å². The number of rotatable bonds is 2. The standard InChI is InChI=1S/C14H18ClN3O2/c15-11-7-10(9-18-14-16-3-1-4-17-14)8-12-13(11)20-6-2-5-19-12/h7-8H,1-6,9H2,(H2,16,17,18). The fraction of sp³-hybridized carbons (Fsp3) is 0.500. The Kier molecular flexibility index (Phi) is 4.16. The van der Waals surface area contributed by atoms with E-state index in [1.54, 1.807) is 0 Å². The van der Waals surface area contributed by atoms with Crippen molar-refractivity contribution in [1.82, 2.24) is 10.6 Å². The number of ether oxygens (including phenoxy) is 2. The maximum atomic E-state index is 6.26. The van der Waals surface area contributed by atoms with Gasteiger partial charge in [0.2, 0.25) is 0 Å². The van der Waals surface area contributed by atoms with Gasteiger partial charge in [0.25, 0.3) is 0 Å². The maximum absolute atomic E-state index is 6.26. The number of guanidine groups is 1. The molecule has 0 amide bonds. The molecule has 0 spiro atoms. The average Bonchev–Trinajstić information content (AvgIpc) is 2.72. The van der Waals surface area contributed by atoms with E-state index in [-0.39, 0.29) is 0 Å². The highest BCUT2D eigenvalue weighted by atomic mass is 35.5. The summed E-state index contributed by atoms with van der Waals surface area (Å²) in [6, 6.07) is 3.88. The number of fused-ring (bicyclic) bond motifs is 1. The minimum Gasteiger partial charge on any atom is -0.489 e. The molecular weight excluding hydrogens is 278 g/mol. The van der Waals surface area contributed by atoms with E-state index < -0.39 is 0 Å². The molecule has 2 heterocycles. The molecule has 0 fully saturated rings. The van der Waals surface area contributed by atoms with Gasteiger partial charge in [-0.1, -0.05) is 11.6 Å². The van der Waals surface area contributed by atoms with Crippen LogP contribution in [0.4, 0.5) is 0 Å². The van der Waals surface area contributed by atoms with Crippen molar-refractivity contribution in [2.75, 3.05) is 26.3 Å². The first-order chi connectivity index (χ1) is 9.83. The van der Waals surface area contributed by atoms with E-state index in [0.717, 1.165) is 43.2 Å². The first-order valence-electron chi connectivity index (χ1n) is 6.93. The van der Waals surface area contributed by atoms with Crippen molar-refractivity contribution in [3.05, 3.63) is 22.7 Å². The summed E-state index contributed by atoms with van der Waals surface area (Å²) in [4.78, 5) is 4.37. The molecule has 0 saturated heterocycles. The quantitative estimate of drug-likeness (QED) is 0.875. The molecule has 2 N–H and O–H groups in total. The van der Waals surface area contributed by atoms with Crippen LogP contribution in [0, 0.1) is 0 Å². The Morgan fingerprint density at radius 2 is 2.15 bits per heavy atom. The van der Waals surface area contributed by atoms with Gasteiger partial charge in [-0.15, -0.1) is 0 Å². The van der Waals surface area contributed by atoms with Crippen molar-refractivity contribution < 1.29 is 9.47 Å². The molecule has 108 valence electrons. The fourth-order valence-electron chi connectivity index (χ4n) is 2.22. The second-order valence-electron chi connectivity index (χ2n) is 4.82. The molecule has 0 radical (unpaired) electrons. The van der Waals surface area contributed by atoms with E-state index in [4.69, 9.17) is 21.1 Å². The zero-order valence-corrected chi connectivity index (χ0v) is 12.0. The summed E-state index contributed by atoms with van der Waals surface area (Å²) in [5.41, 5.74) is 1.05. The van der Waals surface area contributed by atoms with Gasteiger partial charge in [-0.2, -0.15) is 0 Å². The molecule has 5 nitrogen and oxygen atoms in total. The number of halogens is 1. The molecule has 0 bridgehead atoms. The molecular formula is C14H18ClN3O2. The highest BCUT2D eigenvalue weighted by Gasteiger charge is 2.15. The zero-order valence-electron chi connectivity index (χ0n) is 11.2. The normalized spacial score (nSPS) is 17.8. The lowest BCUT2D eigenvalue weighted by Gasteiger charge is -2.17. The maximum Gasteiger partial charge on any atom is 0.191 e. The van der Waals surface area contributed by atoms with Crippen molar-refractivity contribution in [2.45, 2.75) is 19.4 Å². The second kappa shape index (κ2) is 6.22. The van der Waals surface area contributed by atoms with Crippen LogP contribution in [0.2, 0.25) is 5.02 Å². The summed E-state index contributed by atoms with van der Waals surface area (Å²) in [6.07, 6.45) is 1.96. The molecule has 6 heteroatoms. The minimum absolute atomic E-state index is 0.597. The second-order valence-corrected chi connectivity index (χ2v) is 5.23. The number of aliphatic imine (C=N–C) groups is 1. The molecule has 0 aromatic heterocycles. The van der Waals surface area contributed by atoms with E-state index >= 15 is 0 Å². The summed E-state index contributed by atoms with van der Waals surface area (Å²) < 4.78 is 11.3. The van der Waals surface area contributed by atoms with E-state index in [1.807, 2.05) is 12.1 Å². The van der Waals surface area contributed by atoms with Gasteiger partial charge in [-0.25, -0.2) is 0 Å². The smallest absolute Gasteiger partial charge is 0.191 e. The molecule has 0 atom stereocenters. The third kappa shape index (κ3) is 3.10. The Balaban J connectivity index is 1.72. The van der Waals surface area contributed by atoms with Gasteiger partial charge >= 0.3 is 0 Å². The van der Waals surface area contributed by atoms with Crippen molar-refractivity contribution >= 4 is 17.6 Å². The van der Waals surface area contributed by atoms with Crippen LogP contribution in [-0.2, 0) is 6.54 Å². The van der Waals surface area contributed by atoms with Gasteiger partial charge in [0.05, 0.1) is 18.2 Å². The third-order valence-electron chi connectivity index (χ3n) is 3.22. The predicted molar refractivity (Wildman–Crippen MR) is 78.8 cm³/mol. The van der Waals surface area contributed by atoms with Gasteiger partial charge in [-0.05, 0) is 24.1 Å². The van der Waals surface area contributed by atoms with Gasteiger partial charge in [0.1, 0.15) is 0 Å². The number of nitrogens with one attached hydrogen (secondary N) is 2. The first-order valence-corrected chi connectivity index (χ1v) is 7.31. The van der Waals surface area contributed by atoms with E-state index in [1.165, 1.54) is 0 Å². The molecule has 0 unspecified atom stereocenters. The number of benzene rings is 1. The average molecular weight is 296 g/mol. The van der Waals surface area contributed by atoms with Gasteiger partial charge in [0.15, 0.2) is 17.5 Å². The Bertz CT molecular complexity index is 519. The third-order valence-corrected chi connectivity index (χ3v) is 3.50. The molecule has 1 aromatic carbocycles. The summed E-state index contributed by atoms with van der Waals surface area (Å²) in [7, 11) is 0. The highest BCUT2D eigenvalue weighted by Crippen LogP contribution is 2.37. The fourth-order valence-corrected chi connectivity index (χ4v) is 2.51. The molecule has 3 rings (SSSR count). The summed E-state index contributed by atoms with van der Waals surface area (Å²) in [6.45, 7) is 3.80. The van der Waals surface area contributed by atoms with E-state index in [2.05, 4.69) is 15.6 Å². The Morgan fingerprint density at radius 3 is 3.00 bits per heavy atom. The molecule has 1 aromatic rings. The summed E-state index contributed by atoms with van der Waals surface area (Å²) in [5, 5.41) is 7.09. The lowest BCUT2D eigenvalue weighted by atomic mass is 10.2. The number of nitrogens with zero attached hydrogens (tertiary/aromatic N) is 1. The molecule has 20 heavy (non-hydrogen) atoms. The van der Waals surface area contributed by atoms with Gasteiger partial charge in [-0.3, -0.25) is 4.99 Å². The lowest BCUT2D eigenvalue weighted by molar-refractivity contribution is 0.297. The predicted octanol–water partition coefficient (Wildman–Crippen LogP) is 1.94. The van der Waals surface area contributed by atoms with Crippen LogP contribution < -0.4 is 20.1 Å². The van der Waals surface area contributed by atoms with Crippen LogP contribution >= 0.6 is 11.6 Å². The van der Waals surface area contributed by atoms with Crippen molar-refractivity contribution in [2.24, 2.45) is 4.99 Å². The number of hydrogen-bond donors (Lipinski definition) is 2. The number of hydrogen-bond acceptors (Lipinski definition) is 5. The topological polar surface area (TPSA) is 54.9 Å². The summed E-state index contributed by atoms with van der Waals surface area (Å²) >= 11 is 6.26. The van der Waals surface area contributed by atoms with Crippen molar-refractivity contribution in [3.8, 4) is 11.5 Å². The van der Waals surface area contributed by atoms with Crippen LogP contribution in [0.3, 0.4) is 0 Å². The van der Waals surface area contributed by atoms with Crippen LogP contribution in [0.15, 0.2) is 17.1 Å². The lowest BCUT2D eigenvalue weighted by Crippen LogP contribution is -2.40. The van der Waals surface area contributed by atoms with Crippen molar-refractivity contribution in [1.29, 1.82) is 0 Å². The largest absolute Gasteiger partial charge is 0.489 e. The summed E-state index contributed by atoms with van der Waals surface area (Å²) in [5.74, 6) is 2.23. The monoisotopic (exact) mass is 295 g/mol. The zero-order chi connectivity index (χ0) is 13.8. The Morgan fingerprint density at radius 1 is 1.25 bits per heavy atom. The molecule has 0 aliphatic carbocycles. The Labute approximate surface area is 123 Å². The van der Waals surface area contributed by atoms with E-state index in [0.29, 0.717) is 30.5 Å². The van der Waals surface area contributed by atoms with Crippen LogP contribution in [-0.4, -0.2) is 32.3 Å². The van der Waals surface area contributed by atoms with Gasteiger partial charge < -0.3 is 20.1 Å². The van der Waals surface area contributed by atoms with Gasteiger partial charge in [0, 0.05) is 26.1 Å². The van der Waals surface area contributed by atoms with E-state index in [9.17, 15) is 0 Å². The molecule has 0 saturated carbocycles. The Hall–Kier alpha value is -1.62. The molecule has 2 aliphatic rings. The minimum atomic E-state index is 0.597. The SMILES string of the molecule is Clc1cc(CNC2=NCCCN2)cc2c1OCCCO2. The molecule has 2 aliphatic heterocycles.